The van der Waals surface area contributed by atoms with Gasteiger partial charge in [0.25, 0.3) is 0 Å². The van der Waals surface area contributed by atoms with E-state index in [2.05, 4.69) is 0 Å². The molecule has 0 amide bonds. The highest BCUT2D eigenvalue weighted by atomic mass is 35.5. The molecule has 0 heterocycles. The van der Waals surface area contributed by atoms with E-state index in [4.69, 9.17) is 33.0 Å². The molecule has 0 aliphatic heterocycles. The summed E-state index contributed by atoms with van der Waals surface area (Å²) in [5, 5.41) is 9.75. The smallest absolute Gasteiger partial charge is 0.328 e. The van der Waals surface area contributed by atoms with Crippen LogP contribution in [0.2, 0.25) is 10.0 Å². The maximum Gasteiger partial charge on any atom is 0.328 e. The second-order valence-electron chi connectivity index (χ2n) is 4.25. The van der Waals surface area contributed by atoms with Crippen molar-refractivity contribution in [2.24, 2.45) is 0 Å². The normalized spacial score (nSPS) is 10.8. The summed E-state index contributed by atoms with van der Waals surface area (Å²) in [6.07, 6.45) is 2.49. The maximum atomic E-state index is 10.6. The molecule has 2 aromatic rings. The predicted octanol–water partition coefficient (Wildman–Crippen LogP) is 4.67. The standard InChI is InChI=1S/C16H12Cl2O3/c17-13-5-1-3-11(9-13)10-21-16-12(7-8-15(19)20)4-2-6-14(16)18/h1-9H,10H2,(H,19,20)/b8-7+. The minimum atomic E-state index is -1.03. The summed E-state index contributed by atoms with van der Waals surface area (Å²) in [6, 6.07) is 12.4. The molecule has 5 heteroatoms. The molecule has 0 saturated carbocycles. The van der Waals surface area contributed by atoms with Crippen molar-refractivity contribution in [2.45, 2.75) is 6.61 Å². The van der Waals surface area contributed by atoms with Crippen LogP contribution in [-0.4, -0.2) is 11.1 Å². The second-order valence-corrected chi connectivity index (χ2v) is 5.09. The average Bonchev–Trinajstić information content (AvgIpc) is 2.44. The van der Waals surface area contributed by atoms with Gasteiger partial charge >= 0.3 is 5.97 Å². The molecule has 0 aliphatic rings. The van der Waals surface area contributed by atoms with Gasteiger partial charge in [0, 0.05) is 16.7 Å². The Morgan fingerprint density at radius 2 is 1.95 bits per heavy atom. The van der Waals surface area contributed by atoms with Crippen LogP contribution in [0.25, 0.3) is 6.08 Å². The largest absolute Gasteiger partial charge is 0.487 e. The Labute approximate surface area is 132 Å². The number of rotatable bonds is 5. The molecule has 21 heavy (non-hydrogen) atoms. The van der Waals surface area contributed by atoms with Gasteiger partial charge < -0.3 is 9.84 Å². The first-order chi connectivity index (χ1) is 10.1. The molecule has 0 bridgehead atoms. The number of carboxylic acids is 1. The number of carbonyl (C=O) groups is 1. The average molecular weight is 323 g/mol. The fraction of sp³-hybridized carbons (Fsp3) is 0.0625. The molecule has 2 aromatic carbocycles. The van der Waals surface area contributed by atoms with Gasteiger partial charge in [-0.15, -0.1) is 0 Å². The van der Waals surface area contributed by atoms with E-state index in [1.54, 1.807) is 30.3 Å². The molecule has 108 valence electrons. The van der Waals surface area contributed by atoms with Crippen molar-refractivity contribution in [3.63, 3.8) is 0 Å². The summed E-state index contributed by atoms with van der Waals surface area (Å²) in [4.78, 5) is 10.6. The predicted molar refractivity (Wildman–Crippen MR) is 83.9 cm³/mol. The maximum absolute atomic E-state index is 10.6. The highest BCUT2D eigenvalue weighted by Crippen LogP contribution is 2.30. The van der Waals surface area contributed by atoms with E-state index < -0.39 is 5.97 Å². The third kappa shape index (κ3) is 4.52. The van der Waals surface area contributed by atoms with Crippen molar-refractivity contribution in [1.82, 2.24) is 0 Å². The SMILES string of the molecule is O=C(O)/C=C/c1cccc(Cl)c1OCc1cccc(Cl)c1. The Balaban J connectivity index is 2.20. The van der Waals surface area contributed by atoms with E-state index >= 15 is 0 Å². The lowest BCUT2D eigenvalue weighted by atomic mass is 10.2. The molecule has 0 radical (unpaired) electrons. The summed E-state index contributed by atoms with van der Waals surface area (Å²) in [7, 11) is 0. The number of ether oxygens (including phenoxy) is 1. The number of carboxylic acid groups (broad SMARTS) is 1. The van der Waals surface area contributed by atoms with Crippen molar-refractivity contribution in [3.8, 4) is 5.75 Å². The molecular weight excluding hydrogens is 311 g/mol. The Morgan fingerprint density at radius 1 is 1.19 bits per heavy atom. The first kappa shape index (κ1) is 15.4. The van der Waals surface area contributed by atoms with Gasteiger partial charge in [-0.3, -0.25) is 0 Å². The summed E-state index contributed by atoms with van der Waals surface area (Å²) in [5.41, 5.74) is 1.50. The van der Waals surface area contributed by atoms with Crippen LogP contribution in [0.15, 0.2) is 48.5 Å². The van der Waals surface area contributed by atoms with Crippen LogP contribution in [0, 0.1) is 0 Å². The fourth-order valence-electron chi connectivity index (χ4n) is 1.75. The van der Waals surface area contributed by atoms with Gasteiger partial charge in [-0.1, -0.05) is 47.5 Å². The van der Waals surface area contributed by atoms with E-state index in [-0.39, 0.29) is 6.61 Å². The second kappa shape index (κ2) is 7.16. The van der Waals surface area contributed by atoms with Crippen LogP contribution in [0.4, 0.5) is 0 Å². The van der Waals surface area contributed by atoms with Gasteiger partial charge in [-0.2, -0.15) is 0 Å². The van der Waals surface area contributed by atoms with Crippen molar-refractivity contribution < 1.29 is 14.6 Å². The van der Waals surface area contributed by atoms with Crippen LogP contribution in [0.1, 0.15) is 11.1 Å². The first-order valence-corrected chi connectivity index (χ1v) is 6.88. The van der Waals surface area contributed by atoms with E-state index in [9.17, 15) is 4.79 Å². The van der Waals surface area contributed by atoms with E-state index in [1.807, 2.05) is 12.1 Å². The zero-order chi connectivity index (χ0) is 15.2. The van der Waals surface area contributed by atoms with Crippen LogP contribution in [-0.2, 0) is 11.4 Å². The summed E-state index contributed by atoms with van der Waals surface area (Å²) < 4.78 is 5.71. The minimum absolute atomic E-state index is 0.290. The van der Waals surface area contributed by atoms with Gasteiger partial charge in [0.1, 0.15) is 12.4 Å². The van der Waals surface area contributed by atoms with Gasteiger partial charge in [0.05, 0.1) is 5.02 Å². The van der Waals surface area contributed by atoms with Crippen molar-refractivity contribution >= 4 is 35.2 Å². The molecule has 1 N–H and O–H groups in total. The zero-order valence-electron chi connectivity index (χ0n) is 10.9. The molecular formula is C16H12Cl2O3. The van der Waals surface area contributed by atoms with Crippen molar-refractivity contribution in [1.29, 1.82) is 0 Å². The number of para-hydroxylation sites is 1. The van der Waals surface area contributed by atoms with Crippen molar-refractivity contribution in [2.75, 3.05) is 0 Å². The molecule has 3 nitrogen and oxygen atoms in total. The Kier molecular flexibility index (Phi) is 5.26. The summed E-state index contributed by atoms with van der Waals surface area (Å²) in [5.74, 6) is -0.590. The molecule has 0 aliphatic carbocycles. The van der Waals surface area contributed by atoms with Crippen molar-refractivity contribution in [3.05, 3.63) is 69.7 Å². The van der Waals surface area contributed by atoms with E-state index in [1.165, 1.54) is 6.08 Å². The van der Waals surface area contributed by atoms with Crippen LogP contribution in [0.3, 0.4) is 0 Å². The first-order valence-electron chi connectivity index (χ1n) is 6.13. The molecule has 0 unspecified atom stereocenters. The zero-order valence-corrected chi connectivity index (χ0v) is 12.4. The number of hydrogen-bond donors (Lipinski definition) is 1. The lowest BCUT2D eigenvalue weighted by Crippen LogP contribution is -1.98. The fourth-order valence-corrected chi connectivity index (χ4v) is 2.20. The third-order valence-corrected chi connectivity index (χ3v) is 3.21. The van der Waals surface area contributed by atoms with Crippen LogP contribution >= 0.6 is 23.2 Å². The quantitative estimate of drug-likeness (QED) is 0.813. The minimum Gasteiger partial charge on any atom is -0.487 e. The Morgan fingerprint density at radius 3 is 2.67 bits per heavy atom. The van der Waals surface area contributed by atoms with Gasteiger partial charge in [-0.25, -0.2) is 4.79 Å². The summed E-state index contributed by atoms with van der Waals surface area (Å²) in [6.45, 7) is 0.290. The lowest BCUT2D eigenvalue weighted by Gasteiger charge is -2.11. The van der Waals surface area contributed by atoms with Gasteiger partial charge in [-0.05, 0) is 29.8 Å². The molecule has 0 spiro atoms. The molecule has 0 fully saturated rings. The monoisotopic (exact) mass is 322 g/mol. The number of aliphatic carboxylic acids is 1. The molecule has 2 rings (SSSR count). The van der Waals surface area contributed by atoms with E-state index in [0.717, 1.165) is 11.6 Å². The molecule has 0 saturated heterocycles. The van der Waals surface area contributed by atoms with Crippen LogP contribution in [0.5, 0.6) is 5.75 Å². The van der Waals surface area contributed by atoms with Crippen LogP contribution < -0.4 is 4.74 Å². The van der Waals surface area contributed by atoms with Gasteiger partial charge in [0.15, 0.2) is 0 Å². The Hall–Kier alpha value is -1.97. The number of hydrogen-bond acceptors (Lipinski definition) is 2. The number of halogens is 2. The molecule has 0 atom stereocenters. The lowest BCUT2D eigenvalue weighted by molar-refractivity contribution is -0.131. The number of benzene rings is 2. The highest BCUT2D eigenvalue weighted by molar-refractivity contribution is 6.32. The summed E-state index contributed by atoms with van der Waals surface area (Å²) >= 11 is 12.0. The van der Waals surface area contributed by atoms with Gasteiger partial charge in [0.2, 0.25) is 0 Å². The van der Waals surface area contributed by atoms with E-state index in [0.29, 0.717) is 21.4 Å². The molecule has 0 aromatic heterocycles. The highest BCUT2D eigenvalue weighted by Gasteiger charge is 2.07. The topological polar surface area (TPSA) is 46.5 Å². The Bertz CT molecular complexity index is 681. The third-order valence-electron chi connectivity index (χ3n) is 2.68.